The number of hydrogen-bond acceptors (Lipinski definition) is 7. The van der Waals surface area contributed by atoms with E-state index in [1.165, 1.54) is 0 Å². The molecule has 0 unspecified atom stereocenters. The lowest BCUT2D eigenvalue weighted by Crippen LogP contribution is -2.40. The minimum absolute atomic E-state index is 0.494. The minimum atomic E-state index is 0.494. The molecule has 3 heterocycles. The van der Waals surface area contributed by atoms with Gasteiger partial charge in [0.25, 0.3) is 0 Å². The number of anilines is 2. The van der Waals surface area contributed by atoms with Crippen molar-refractivity contribution < 1.29 is 4.74 Å². The molecule has 3 aromatic rings. The fourth-order valence-electron chi connectivity index (χ4n) is 4.11. The summed E-state index contributed by atoms with van der Waals surface area (Å²) in [5.74, 6) is 1.51. The summed E-state index contributed by atoms with van der Waals surface area (Å²) in [5.41, 5.74) is 2.64. The quantitative estimate of drug-likeness (QED) is 0.597. The topological polar surface area (TPSA) is 71.3 Å². The molecule has 1 saturated heterocycles. The molecule has 0 atom stereocenters. The summed E-state index contributed by atoms with van der Waals surface area (Å²) in [4.78, 5) is 19.1. The Morgan fingerprint density at radius 3 is 2.42 bits per heavy atom. The molecular weight excluding hydrogens is 390 g/mol. The average molecular weight is 424 g/mol. The van der Waals surface area contributed by atoms with E-state index in [0.717, 1.165) is 54.8 Å². The highest BCUT2D eigenvalue weighted by Gasteiger charge is 2.20. The third-order valence-corrected chi connectivity index (χ3v) is 5.70. The Labute approximate surface area is 184 Å². The standard InChI is InChI=1S/C23H33N7O/c1-17(2)29(18(3)4)11-10-24-21-20-22(27-23(26-21)28-12-14-31-15-13-28)30(16-25-20)19-8-6-5-7-9-19/h5-9,16-18H,10-15H2,1-4H3,(H,24,26,27). The van der Waals surface area contributed by atoms with Gasteiger partial charge in [0.05, 0.1) is 13.2 Å². The highest BCUT2D eigenvalue weighted by molar-refractivity contribution is 5.85. The number of nitrogens with one attached hydrogen (secondary N) is 1. The largest absolute Gasteiger partial charge is 0.378 e. The van der Waals surface area contributed by atoms with Gasteiger partial charge in [-0.15, -0.1) is 0 Å². The van der Waals surface area contributed by atoms with Gasteiger partial charge in [-0.05, 0) is 39.8 Å². The summed E-state index contributed by atoms with van der Waals surface area (Å²) in [6.07, 6.45) is 1.83. The first-order chi connectivity index (χ1) is 15.0. The lowest BCUT2D eigenvalue weighted by Gasteiger charge is -2.30. The number of hydrogen-bond donors (Lipinski definition) is 1. The molecule has 0 saturated carbocycles. The summed E-state index contributed by atoms with van der Waals surface area (Å²) in [5, 5.41) is 3.55. The summed E-state index contributed by atoms with van der Waals surface area (Å²) in [6, 6.07) is 11.2. The van der Waals surface area contributed by atoms with E-state index in [1.807, 2.05) is 29.1 Å². The first-order valence-electron chi connectivity index (χ1n) is 11.2. The van der Waals surface area contributed by atoms with Gasteiger partial charge >= 0.3 is 0 Å². The number of nitrogens with zero attached hydrogens (tertiary/aromatic N) is 6. The molecule has 1 aliphatic rings. The van der Waals surface area contributed by atoms with Crippen LogP contribution in [-0.4, -0.2) is 75.9 Å². The molecule has 1 aliphatic heterocycles. The second kappa shape index (κ2) is 9.62. The van der Waals surface area contributed by atoms with E-state index < -0.39 is 0 Å². The number of para-hydroxylation sites is 1. The lowest BCUT2D eigenvalue weighted by atomic mass is 10.2. The molecule has 166 valence electrons. The molecule has 1 fully saturated rings. The predicted molar refractivity (Wildman–Crippen MR) is 125 cm³/mol. The molecule has 1 N–H and O–H groups in total. The van der Waals surface area contributed by atoms with Crippen molar-refractivity contribution in [2.45, 2.75) is 39.8 Å². The van der Waals surface area contributed by atoms with Crippen molar-refractivity contribution in [3.63, 3.8) is 0 Å². The van der Waals surface area contributed by atoms with E-state index in [-0.39, 0.29) is 0 Å². The maximum Gasteiger partial charge on any atom is 0.229 e. The first-order valence-corrected chi connectivity index (χ1v) is 11.2. The van der Waals surface area contributed by atoms with Crippen LogP contribution in [0.2, 0.25) is 0 Å². The molecule has 0 radical (unpaired) electrons. The van der Waals surface area contributed by atoms with Crippen molar-refractivity contribution in [1.29, 1.82) is 0 Å². The monoisotopic (exact) mass is 423 g/mol. The average Bonchev–Trinajstić information content (AvgIpc) is 3.21. The van der Waals surface area contributed by atoms with Gasteiger partial charge in [-0.3, -0.25) is 9.47 Å². The first kappa shape index (κ1) is 21.5. The molecule has 0 aliphatic carbocycles. The minimum Gasteiger partial charge on any atom is -0.378 e. The Kier molecular flexibility index (Phi) is 6.67. The molecule has 0 amide bonds. The highest BCUT2D eigenvalue weighted by atomic mass is 16.5. The summed E-state index contributed by atoms with van der Waals surface area (Å²) < 4.78 is 7.55. The Bertz CT molecular complexity index is 972. The summed E-state index contributed by atoms with van der Waals surface area (Å²) in [7, 11) is 0. The van der Waals surface area contributed by atoms with Crippen molar-refractivity contribution in [2.24, 2.45) is 0 Å². The van der Waals surface area contributed by atoms with Gasteiger partial charge in [-0.1, -0.05) is 18.2 Å². The number of morpholine rings is 1. The molecular formula is C23H33N7O. The number of benzene rings is 1. The zero-order valence-electron chi connectivity index (χ0n) is 19.0. The Morgan fingerprint density at radius 2 is 1.74 bits per heavy atom. The number of imidazole rings is 1. The zero-order chi connectivity index (χ0) is 21.8. The second-order valence-electron chi connectivity index (χ2n) is 8.45. The van der Waals surface area contributed by atoms with Gasteiger partial charge in [0.2, 0.25) is 5.95 Å². The molecule has 1 aromatic carbocycles. The Balaban J connectivity index is 1.67. The van der Waals surface area contributed by atoms with Crippen molar-refractivity contribution >= 4 is 22.9 Å². The molecule has 0 bridgehead atoms. The van der Waals surface area contributed by atoms with Gasteiger partial charge in [0, 0.05) is 44.0 Å². The molecule has 0 spiro atoms. The van der Waals surface area contributed by atoms with Crippen molar-refractivity contribution in [1.82, 2.24) is 24.4 Å². The van der Waals surface area contributed by atoms with E-state index in [4.69, 9.17) is 14.7 Å². The Morgan fingerprint density at radius 1 is 1.03 bits per heavy atom. The lowest BCUT2D eigenvalue weighted by molar-refractivity contribution is 0.122. The predicted octanol–water partition coefficient (Wildman–Crippen LogP) is 3.18. The van der Waals surface area contributed by atoms with E-state index in [9.17, 15) is 0 Å². The van der Waals surface area contributed by atoms with Crippen LogP contribution in [-0.2, 0) is 4.74 Å². The van der Waals surface area contributed by atoms with E-state index in [0.29, 0.717) is 25.3 Å². The maximum atomic E-state index is 5.52. The van der Waals surface area contributed by atoms with Crippen LogP contribution in [0.1, 0.15) is 27.7 Å². The molecule has 8 heteroatoms. The van der Waals surface area contributed by atoms with E-state index >= 15 is 0 Å². The smallest absolute Gasteiger partial charge is 0.229 e. The van der Waals surface area contributed by atoms with Gasteiger partial charge in [0.15, 0.2) is 17.0 Å². The van der Waals surface area contributed by atoms with E-state index in [1.54, 1.807) is 0 Å². The SMILES string of the molecule is CC(C)N(CCNc1nc(N2CCOCC2)nc2c1ncn2-c1ccccc1)C(C)C. The van der Waals surface area contributed by atoms with Crippen LogP contribution >= 0.6 is 0 Å². The molecule has 2 aromatic heterocycles. The zero-order valence-corrected chi connectivity index (χ0v) is 19.0. The van der Waals surface area contributed by atoms with Crippen molar-refractivity contribution in [3.05, 3.63) is 36.7 Å². The Hall–Kier alpha value is -2.71. The number of rotatable bonds is 8. The fourth-order valence-corrected chi connectivity index (χ4v) is 4.11. The number of aromatic nitrogens is 4. The highest BCUT2D eigenvalue weighted by Crippen LogP contribution is 2.25. The van der Waals surface area contributed by atoms with Gasteiger partial charge in [-0.25, -0.2) is 4.98 Å². The van der Waals surface area contributed by atoms with E-state index in [2.05, 4.69) is 59.9 Å². The number of fused-ring (bicyclic) bond motifs is 1. The second-order valence-corrected chi connectivity index (χ2v) is 8.45. The van der Waals surface area contributed by atoms with Crippen molar-refractivity contribution in [3.8, 4) is 5.69 Å². The van der Waals surface area contributed by atoms with Gasteiger partial charge in [-0.2, -0.15) is 9.97 Å². The third kappa shape index (κ3) is 4.80. The third-order valence-electron chi connectivity index (χ3n) is 5.70. The summed E-state index contributed by atoms with van der Waals surface area (Å²) >= 11 is 0. The van der Waals surface area contributed by atoms with Crippen LogP contribution in [0.4, 0.5) is 11.8 Å². The fraction of sp³-hybridized carbons (Fsp3) is 0.522. The van der Waals surface area contributed by atoms with Gasteiger partial charge in [0.1, 0.15) is 6.33 Å². The normalized spacial score (nSPS) is 14.9. The molecule has 8 nitrogen and oxygen atoms in total. The van der Waals surface area contributed by atoms with Crippen LogP contribution < -0.4 is 10.2 Å². The maximum absolute atomic E-state index is 5.52. The van der Waals surface area contributed by atoms with Crippen LogP contribution in [0.15, 0.2) is 36.7 Å². The van der Waals surface area contributed by atoms with Crippen LogP contribution in [0.5, 0.6) is 0 Å². The van der Waals surface area contributed by atoms with Crippen LogP contribution in [0, 0.1) is 0 Å². The molecule has 31 heavy (non-hydrogen) atoms. The number of ether oxygens (including phenoxy) is 1. The van der Waals surface area contributed by atoms with Gasteiger partial charge < -0.3 is 15.0 Å². The van der Waals surface area contributed by atoms with Crippen LogP contribution in [0.25, 0.3) is 16.9 Å². The summed E-state index contributed by atoms with van der Waals surface area (Å²) in [6.45, 7) is 13.7. The van der Waals surface area contributed by atoms with Crippen LogP contribution in [0.3, 0.4) is 0 Å². The van der Waals surface area contributed by atoms with Crippen molar-refractivity contribution in [2.75, 3.05) is 49.6 Å². The molecule has 4 rings (SSSR count).